The summed E-state index contributed by atoms with van der Waals surface area (Å²) in [4.78, 5) is 1.44. The molecular weight excluding hydrogens is 250 g/mol. The Hall–Kier alpha value is -1.12. The van der Waals surface area contributed by atoms with E-state index in [1.165, 1.54) is 32.7 Å². The molecule has 1 atom stereocenters. The zero-order valence-electron chi connectivity index (χ0n) is 12.5. The smallest absolute Gasteiger partial charge is 0.0308 e. The van der Waals surface area contributed by atoms with E-state index >= 15 is 0 Å². The Morgan fingerprint density at radius 3 is 2.21 bits per heavy atom. The molecule has 1 unspecified atom stereocenters. The van der Waals surface area contributed by atoms with Crippen LogP contribution in [0.4, 0.5) is 0 Å². The van der Waals surface area contributed by atoms with Crippen molar-refractivity contribution < 1.29 is 0 Å². The number of hydrogen-bond donors (Lipinski definition) is 1. The monoisotopic (exact) mass is 273 g/mol. The van der Waals surface area contributed by atoms with Gasteiger partial charge in [0.2, 0.25) is 0 Å². The molecule has 0 aliphatic heterocycles. The van der Waals surface area contributed by atoms with Crippen molar-refractivity contribution in [2.45, 2.75) is 47.2 Å². The second kappa shape index (κ2) is 5.89. The maximum Gasteiger partial charge on any atom is 0.0308 e. The van der Waals surface area contributed by atoms with E-state index in [0.29, 0.717) is 6.04 Å². The summed E-state index contributed by atoms with van der Waals surface area (Å²) in [5, 5.41) is 5.82. The highest BCUT2D eigenvalue weighted by Crippen LogP contribution is 2.24. The molecule has 0 bridgehead atoms. The van der Waals surface area contributed by atoms with Gasteiger partial charge in [-0.3, -0.25) is 0 Å². The van der Waals surface area contributed by atoms with Crippen LogP contribution in [0.2, 0.25) is 0 Å². The molecule has 1 N–H and O–H groups in total. The predicted octanol–water partition coefficient (Wildman–Crippen LogP) is 4.83. The van der Waals surface area contributed by atoms with E-state index in [0.717, 1.165) is 6.54 Å². The van der Waals surface area contributed by atoms with Gasteiger partial charge in [-0.05, 0) is 68.3 Å². The van der Waals surface area contributed by atoms with Crippen molar-refractivity contribution in [2.24, 2.45) is 0 Å². The second-order valence-electron chi connectivity index (χ2n) is 5.44. The standard InChI is InChI=1S/C17H23NS/c1-11-8-13(3)17(14(4)9-11)15(5)18-10-16-12(2)6-7-19-16/h6-9,15,18H,10H2,1-5H3. The number of thiophene rings is 1. The van der Waals surface area contributed by atoms with Crippen LogP contribution < -0.4 is 5.32 Å². The fourth-order valence-corrected chi connectivity index (χ4v) is 3.66. The van der Waals surface area contributed by atoms with Crippen molar-refractivity contribution in [1.82, 2.24) is 5.32 Å². The third kappa shape index (κ3) is 3.26. The molecule has 1 aromatic heterocycles. The van der Waals surface area contributed by atoms with Crippen LogP contribution in [0.25, 0.3) is 0 Å². The summed E-state index contributed by atoms with van der Waals surface area (Å²) in [5.74, 6) is 0. The molecule has 1 nitrogen and oxygen atoms in total. The first-order chi connectivity index (χ1) is 8.99. The fraction of sp³-hybridized carbons (Fsp3) is 0.412. The van der Waals surface area contributed by atoms with Crippen molar-refractivity contribution in [3.05, 3.63) is 56.3 Å². The zero-order chi connectivity index (χ0) is 14.0. The molecule has 1 aromatic carbocycles. The van der Waals surface area contributed by atoms with Crippen LogP contribution in [0.3, 0.4) is 0 Å². The number of nitrogens with one attached hydrogen (secondary N) is 1. The van der Waals surface area contributed by atoms with Crippen LogP contribution in [0, 0.1) is 27.7 Å². The second-order valence-corrected chi connectivity index (χ2v) is 6.44. The van der Waals surface area contributed by atoms with Gasteiger partial charge in [-0.15, -0.1) is 11.3 Å². The molecule has 1 heterocycles. The maximum absolute atomic E-state index is 3.65. The van der Waals surface area contributed by atoms with Gasteiger partial charge >= 0.3 is 0 Å². The summed E-state index contributed by atoms with van der Waals surface area (Å²) in [6.45, 7) is 12.0. The Morgan fingerprint density at radius 1 is 1.05 bits per heavy atom. The summed E-state index contributed by atoms with van der Waals surface area (Å²) in [7, 11) is 0. The van der Waals surface area contributed by atoms with E-state index in [2.05, 4.69) is 63.5 Å². The molecule has 0 spiro atoms. The Morgan fingerprint density at radius 2 is 1.68 bits per heavy atom. The van der Waals surface area contributed by atoms with Gasteiger partial charge in [-0.25, -0.2) is 0 Å². The first-order valence-corrected chi connectivity index (χ1v) is 7.71. The van der Waals surface area contributed by atoms with Crippen LogP contribution in [-0.4, -0.2) is 0 Å². The van der Waals surface area contributed by atoms with Gasteiger partial charge in [0, 0.05) is 17.5 Å². The quantitative estimate of drug-likeness (QED) is 0.841. The Kier molecular flexibility index (Phi) is 4.43. The summed E-state index contributed by atoms with van der Waals surface area (Å²) >= 11 is 1.84. The van der Waals surface area contributed by atoms with Gasteiger partial charge < -0.3 is 5.32 Å². The molecule has 19 heavy (non-hydrogen) atoms. The highest BCUT2D eigenvalue weighted by molar-refractivity contribution is 7.10. The van der Waals surface area contributed by atoms with Crippen LogP contribution >= 0.6 is 11.3 Å². The zero-order valence-corrected chi connectivity index (χ0v) is 13.3. The third-order valence-corrected chi connectivity index (χ3v) is 4.73. The molecule has 0 radical (unpaired) electrons. The molecule has 0 fully saturated rings. The Balaban J connectivity index is 2.12. The minimum atomic E-state index is 0.391. The molecule has 0 saturated heterocycles. The minimum absolute atomic E-state index is 0.391. The average Bonchev–Trinajstić information content (AvgIpc) is 2.70. The Labute approximate surface area is 120 Å². The Bertz CT molecular complexity index is 545. The number of hydrogen-bond acceptors (Lipinski definition) is 2. The molecule has 2 rings (SSSR count). The molecule has 0 amide bonds. The SMILES string of the molecule is Cc1cc(C)c(C(C)NCc2sccc2C)c(C)c1. The van der Waals surface area contributed by atoms with Crippen molar-refractivity contribution in [2.75, 3.05) is 0 Å². The van der Waals surface area contributed by atoms with Crippen molar-refractivity contribution in [3.63, 3.8) is 0 Å². The lowest BCUT2D eigenvalue weighted by atomic mass is 9.95. The summed E-state index contributed by atoms with van der Waals surface area (Å²) < 4.78 is 0. The maximum atomic E-state index is 3.65. The van der Waals surface area contributed by atoms with Gasteiger partial charge in [0.1, 0.15) is 0 Å². The lowest BCUT2D eigenvalue weighted by Crippen LogP contribution is -2.19. The van der Waals surface area contributed by atoms with Gasteiger partial charge in [-0.2, -0.15) is 0 Å². The van der Waals surface area contributed by atoms with Gasteiger partial charge in [0.25, 0.3) is 0 Å². The average molecular weight is 273 g/mol. The number of benzene rings is 1. The van der Waals surface area contributed by atoms with Crippen molar-refractivity contribution in [1.29, 1.82) is 0 Å². The lowest BCUT2D eigenvalue weighted by molar-refractivity contribution is 0.572. The van der Waals surface area contributed by atoms with Crippen molar-refractivity contribution >= 4 is 11.3 Å². The highest BCUT2D eigenvalue weighted by Gasteiger charge is 2.12. The van der Waals surface area contributed by atoms with Crippen LogP contribution in [0.15, 0.2) is 23.6 Å². The highest BCUT2D eigenvalue weighted by atomic mass is 32.1. The van der Waals surface area contributed by atoms with Crippen molar-refractivity contribution in [3.8, 4) is 0 Å². The molecule has 2 aromatic rings. The summed E-state index contributed by atoms with van der Waals surface area (Å²) in [6.07, 6.45) is 0. The minimum Gasteiger partial charge on any atom is -0.305 e. The molecule has 0 saturated carbocycles. The lowest BCUT2D eigenvalue weighted by Gasteiger charge is -2.20. The van der Waals surface area contributed by atoms with Gasteiger partial charge in [0.15, 0.2) is 0 Å². The normalized spacial score (nSPS) is 12.7. The molecule has 0 aliphatic rings. The first-order valence-electron chi connectivity index (χ1n) is 6.83. The number of aryl methyl sites for hydroxylation is 4. The first kappa shape index (κ1) is 14.3. The third-order valence-electron chi connectivity index (χ3n) is 3.71. The van der Waals surface area contributed by atoms with E-state index in [-0.39, 0.29) is 0 Å². The fourth-order valence-electron chi connectivity index (χ4n) is 2.81. The summed E-state index contributed by atoms with van der Waals surface area (Å²) in [5.41, 5.74) is 6.96. The van der Waals surface area contributed by atoms with Gasteiger partial charge in [-0.1, -0.05) is 17.7 Å². The topological polar surface area (TPSA) is 12.0 Å². The van der Waals surface area contributed by atoms with Crippen LogP contribution in [0.5, 0.6) is 0 Å². The summed E-state index contributed by atoms with van der Waals surface area (Å²) in [6, 6.07) is 7.13. The van der Waals surface area contributed by atoms with E-state index in [9.17, 15) is 0 Å². The molecular formula is C17H23NS. The molecule has 0 aliphatic carbocycles. The molecule has 102 valence electrons. The largest absolute Gasteiger partial charge is 0.305 e. The number of rotatable bonds is 4. The molecule has 2 heteroatoms. The van der Waals surface area contributed by atoms with E-state index < -0.39 is 0 Å². The van der Waals surface area contributed by atoms with E-state index in [1.807, 2.05) is 11.3 Å². The van der Waals surface area contributed by atoms with Crippen LogP contribution in [-0.2, 0) is 6.54 Å². The van der Waals surface area contributed by atoms with Crippen LogP contribution in [0.1, 0.15) is 45.7 Å². The van der Waals surface area contributed by atoms with E-state index in [4.69, 9.17) is 0 Å². The predicted molar refractivity (Wildman–Crippen MR) is 85.0 cm³/mol. The van der Waals surface area contributed by atoms with E-state index in [1.54, 1.807) is 0 Å². The van der Waals surface area contributed by atoms with Gasteiger partial charge in [0.05, 0.1) is 0 Å².